The lowest BCUT2D eigenvalue weighted by Crippen LogP contribution is -2.46. The van der Waals surface area contributed by atoms with Gasteiger partial charge in [-0.3, -0.25) is 9.69 Å². The second-order valence-corrected chi connectivity index (χ2v) is 6.83. The predicted molar refractivity (Wildman–Crippen MR) is 89.7 cm³/mol. The van der Waals surface area contributed by atoms with E-state index in [0.717, 1.165) is 24.7 Å². The van der Waals surface area contributed by atoms with Gasteiger partial charge in [-0.1, -0.05) is 11.6 Å². The molecular formula is C16H19ClN6O. The van der Waals surface area contributed by atoms with Crippen LogP contribution in [0.15, 0.2) is 18.3 Å². The monoisotopic (exact) mass is 346 g/mol. The molecule has 3 heterocycles. The van der Waals surface area contributed by atoms with E-state index in [0.29, 0.717) is 23.3 Å². The van der Waals surface area contributed by atoms with E-state index in [-0.39, 0.29) is 11.9 Å². The molecule has 0 saturated heterocycles. The Balaban J connectivity index is 1.41. The maximum absolute atomic E-state index is 12.5. The van der Waals surface area contributed by atoms with Crippen LogP contribution in [0.3, 0.4) is 0 Å². The summed E-state index contributed by atoms with van der Waals surface area (Å²) in [5, 5.41) is 12.0. The topological polar surface area (TPSA) is 75.9 Å². The Morgan fingerprint density at radius 1 is 1.33 bits per heavy atom. The maximum atomic E-state index is 12.5. The third kappa shape index (κ3) is 3.01. The fraction of sp³-hybridized carbons (Fsp3) is 0.500. The maximum Gasteiger partial charge on any atom is 0.242 e. The molecular weight excluding hydrogens is 328 g/mol. The lowest BCUT2D eigenvalue weighted by atomic mass is 10.2. The first-order valence-electron chi connectivity index (χ1n) is 8.20. The summed E-state index contributed by atoms with van der Waals surface area (Å²) in [6, 6.07) is 3.14. The van der Waals surface area contributed by atoms with E-state index >= 15 is 0 Å². The molecule has 0 bridgehead atoms. The zero-order chi connectivity index (χ0) is 16.7. The summed E-state index contributed by atoms with van der Waals surface area (Å²) in [4.78, 5) is 18.7. The number of anilines is 1. The molecule has 2 aromatic heterocycles. The van der Waals surface area contributed by atoms with Gasteiger partial charge >= 0.3 is 0 Å². The van der Waals surface area contributed by atoms with Crippen molar-refractivity contribution in [1.82, 2.24) is 24.6 Å². The second kappa shape index (κ2) is 6.14. The van der Waals surface area contributed by atoms with Gasteiger partial charge in [0.2, 0.25) is 5.91 Å². The molecule has 4 rings (SSSR count). The highest BCUT2D eigenvalue weighted by Gasteiger charge is 2.33. The van der Waals surface area contributed by atoms with E-state index in [1.807, 2.05) is 6.92 Å². The highest BCUT2D eigenvalue weighted by Crippen LogP contribution is 2.39. The van der Waals surface area contributed by atoms with Crippen molar-refractivity contribution in [2.24, 2.45) is 0 Å². The standard InChI is InChI=1S/C16H19ClN6O/c1-10(16(24)19-13-5-4-12(17)8-18-13)22-6-7-23-14(9-22)20-21-15(23)11-2-3-11/h4-5,8,10-11H,2-3,6-7,9H2,1H3,(H,18,19,24). The van der Waals surface area contributed by atoms with E-state index in [9.17, 15) is 4.79 Å². The van der Waals surface area contributed by atoms with Crippen molar-refractivity contribution in [3.05, 3.63) is 35.0 Å². The number of hydrogen-bond donors (Lipinski definition) is 1. The van der Waals surface area contributed by atoms with Gasteiger partial charge in [0.05, 0.1) is 17.6 Å². The second-order valence-electron chi connectivity index (χ2n) is 6.40. The average Bonchev–Trinajstić information content (AvgIpc) is 3.35. The molecule has 2 aliphatic rings. The third-order valence-corrected chi connectivity index (χ3v) is 4.88. The Labute approximate surface area is 145 Å². The van der Waals surface area contributed by atoms with Crippen LogP contribution in [0.2, 0.25) is 5.02 Å². The number of halogens is 1. The summed E-state index contributed by atoms with van der Waals surface area (Å²) in [5.74, 6) is 3.08. The first-order valence-corrected chi connectivity index (χ1v) is 8.58. The van der Waals surface area contributed by atoms with Gasteiger partial charge in [-0.25, -0.2) is 4.98 Å². The first kappa shape index (κ1) is 15.5. The molecule has 1 amide bonds. The molecule has 126 valence electrons. The Kier molecular flexibility index (Phi) is 3.97. The number of nitrogens with one attached hydrogen (secondary N) is 1. The minimum Gasteiger partial charge on any atom is -0.312 e. The van der Waals surface area contributed by atoms with E-state index in [4.69, 9.17) is 11.6 Å². The van der Waals surface area contributed by atoms with E-state index in [1.165, 1.54) is 19.0 Å². The summed E-state index contributed by atoms with van der Waals surface area (Å²) in [6.45, 7) is 4.19. The molecule has 1 fully saturated rings. The Morgan fingerprint density at radius 2 is 2.17 bits per heavy atom. The molecule has 1 atom stereocenters. The van der Waals surface area contributed by atoms with E-state index in [2.05, 4.69) is 30.0 Å². The van der Waals surface area contributed by atoms with E-state index < -0.39 is 0 Å². The van der Waals surface area contributed by atoms with Gasteiger partial charge in [-0.2, -0.15) is 0 Å². The van der Waals surface area contributed by atoms with Crippen molar-refractivity contribution in [2.75, 3.05) is 11.9 Å². The van der Waals surface area contributed by atoms with E-state index in [1.54, 1.807) is 12.1 Å². The van der Waals surface area contributed by atoms with Crippen molar-refractivity contribution in [2.45, 2.75) is 44.8 Å². The van der Waals surface area contributed by atoms with Gasteiger partial charge in [0.25, 0.3) is 0 Å². The molecule has 8 heteroatoms. The lowest BCUT2D eigenvalue weighted by molar-refractivity contribution is -0.121. The van der Waals surface area contributed by atoms with Crippen LogP contribution in [-0.4, -0.2) is 43.1 Å². The Morgan fingerprint density at radius 3 is 2.88 bits per heavy atom. The lowest BCUT2D eigenvalue weighted by Gasteiger charge is -2.31. The molecule has 1 aliphatic carbocycles. The van der Waals surface area contributed by atoms with Gasteiger partial charge in [-0.05, 0) is 31.9 Å². The van der Waals surface area contributed by atoms with Crippen molar-refractivity contribution in [3.63, 3.8) is 0 Å². The zero-order valence-electron chi connectivity index (χ0n) is 13.4. The van der Waals surface area contributed by atoms with Crippen LogP contribution in [0.5, 0.6) is 0 Å². The van der Waals surface area contributed by atoms with Crippen LogP contribution in [0, 0.1) is 0 Å². The number of hydrogen-bond acceptors (Lipinski definition) is 5. The predicted octanol–water partition coefficient (Wildman–Crippen LogP) is 2.05. The quantitative estimate of drug-likeness (QED) is 0.916. The molecule has 0 radical (unpaired) electrons. The molecule has 0 spiro atoms. The van der Waals surface area contributed by atoms with Crippen molar-refractivity contribution in [3.8, 4) is 0 Å². The molecule has 0 aromatic carbocycles. The Hall–Kier alpha value is -1.99. The minimum atomic E-state index is -0.266. The fourth-order valence-electron chi connectivity index (χ4n) is 3.02. The largest absolute Gasteiger partial charge is 0.312 e. The smallest absolute Gasteiger partial charge is 0.242 e. The molecule has 1 N–H and O–H groups in total. The normalized spacial score (nSPS) is 18.9. The number of fused-ring (bicyclic) bond motifs is 1. The highest BCUT2D eigenvalue weighted by atomic mass is 35.5. The van der Waals surface area contributed by atoms with Crippen molar-refractivity contribution >= 4 is 23.3 Å². The number of nitrogens with zero attached hydrogens (tertiary/aromatic N) is 5. The SMILES string of the molecule is CC(C(=O)Nc1ccc(Cl)cn1)N1CCn2c(nnc2C2CC2)C1. The summed E-state index contributed by atoms with van der Waals surface area (Å²) in [7, 11) is 0. The van der Waals surface area contributed by atoms with Gasteiger partial charge in [0, 0.05) is 25.2 Å². The summed E-state index contributed by atoms with van der Waals surface area (Å²) < 4.78 is 2.22. The van der Waals surface area contributed by atoms with Crippen LogP contribution < -0.4 is 5.32 Å². The zero-order valence-corrected chi connectivity index (χ0v) is 14.2. The van der Waals surface area contributed by atoms with Gasteiger partial charge in [0.15, 0.2) is 0 Å². The summed E-state index contributed by atoms with van der Waals surface area (Å²) in [6.07, 6.45) is 3.95. The number of aromatic nitrogens is 4. The average molecular weight is 347 g/mol. The number of amides is 1. The first-order chi connectivity index (χ1) is 11.6. The molecule has 1 saturated carbocycles. The molecule has 1 aliphatic heterocycles. The molecule has 7 nitrogen and oxygen atoms in total. The van der Waals surface area contributed by atoms with Gasteiger partial charge in [0.1, 0.15) is 17.5 Å². The molecule has 24 heavy (non-hydrogen) atoms. The number of carbonyl (C=O) groups is 1. The van der Waals surface area contributed by atoms with Crippen LogP contribution in [-0.2, 0) is 17.9 Å². The van der Waals surface area contributed by atoms with Gasteiger partial charge in [-0.15, -0.1) is 10.2 Å². The van der Waals surface area contributed by atoms with Crippen LogP contribution >= 0.6 is 11.6 Å². The third-order valence-electron chi connectivity index (χ3n) is 4.66. The number of pyridine rings is 1. The summed E-state index contributed by atoms with van der Waals surface area (Å²) >= 11 is 5.81. The highest BCUT2D eigenvalue weighted by molar-refractivity contribution is 6.30. The van der Waals surface area contributed by atoms with Crippen LogP contribution in [0.25, 0.3) is 0 Å². The summed E-state index contributed by atoms with van der Waals surface area (Å²) in [5.41, 5.74) is 0. The van der Waals surface area contributed by atoms with Crippen LogP contribution in [0.1, 0.15) is 37.3 Å². The Bertz CT molecular complexity index is 754. The molecule has 1 unspecified atom stereocenters. The fourth-order valence-corrected chi connectivity index (χ4v) is 3.13. The number of rotatable bonds is 4. The van der Waals surface area contributed by atoms with Crippen LogP contribution in [0.4, 0.5) is 5.82 Å². The van der Waals surface area contributed by atoms with Gasteiger partial charge < -0.3 is 9.88 Å². The minimum absolute atomic E-state index is 0.0831. The van der Waals surface area contributed by atoms with Crippen molar-refractivity contribution < 1.29 is 4.79 Å². The van der Waals surface area contributed by atoms with Crippen molar-refractivity contribution in [1.29, 1.82) is 0 Å². The molecule has 2 aromatic rings. The number of carbonyl (C=O) groups excluding carboxylic acids is 1.